The summed E-state index contributed by atoms with van der Waals surface area (Å²) in [6.07, 6.45) is 1.29. The third kappa shape index (κ3) is 3.86. The van der Waals surface area contributed by atoms with Gasteiger partial charge in [-0.15, -0.1) is 11.3 Å². The number of esters is 1. The maximum atomic E-state index is 13.4. The highest BCUT2D eigenvalue weighted by Crippen LogP contribution is 2.44. The van der Waals surface area contributed by atoms with Gasteiger partial charge in [0.1, 0.15) is 5.75 Å². The van der Waals surface area contributed by atoms with E-state index in [0.717, 1.165) is 34.6 Å². The minimum Gasteiger partial charge on any atom is -0.427 e. The largest absolute Gasteiger partial charge is 0.427 e. The standard InChI is InChI=1S/C25H22N2O3S/c1-15(28)30-18-10-8-16(9-11-18)25-24-21(26-19-5-2-3-6-20(19)27-25)13-17(14-22(24)29)23-7-4-12-31-23/h2-12,17,25-27H,13-14H2,1H3. The maximum Gasteiger partial charge on any atom is 0.308 e. The average molecular weight is 431 g/mol. The number of hydrogen-bond acceptors (Lipinski definition) is 6. The summed E-state index contributed by atoms with van der Waals surface area (Å²) in [6, 6.07) is 19.2. The predicted octanol–water partition coefficient (Wildman–Crippen LogP) is 5.65. The molecule has 2 atom stereocenters. The number of allylic oxidation sites excluding steroid dienone is 1. The molecule has 5 rings (SSSR count). The zero-order valence-electron chi connectivity index (χ0n) is 17.1. The van der Waals surface area contributed by atoms with Gasteiger partial charge < -0.3 is 15.4 Å². The number of Topliss-reactive ketones (excluding diaryl/α,β-unsaturated/α-hetero) is 1. The van der Waals surface area contributed by atoms with Gasteiger partial charge in [0.15, 0.2) is 5.78 Å². The molecule has 3 aromatic rings. The smallest absolute Gasteiger partial charge is 0.308 e. The Hall–Kier alpha value is -3.38. The van der Waals surface area contributed by atoms with Crippen molar-refractivity contribution in [2.45, 2.75) is 31.7 Å². The van der Waals surface area contributed by atoms with Crippen LogP contribution in [0, 0.1) is 0 Å². The number of anilines is 2. The molecule has 156 valence electrons. The number of carbonyl (C=O) groups is 2. The van der Waals surface area contributed by atoms with Crippen LogP contribution in [0.2, 0.25) is 0 Å². The van der Waals surface area contributed by atoms with Crippen LogP contribution in [0.3, 0.4) is 0 Å². The van der Waals surface area contributed by atoms with Gasteiger partial charge in [0.25, 0.3) is 0 Å². The number of nitrogens with one attached hydrogen (secondary N) is 2. The van der Waals surface area contributed by atoms with Gasteiger partial charge in [-0.1, -0.05) is 30.3 Å². The lowest BCUT2D eigenvalue weighted by atomic mass is 9.81. The minimum atomic E-state index is -0.356. The number of ether oxygens (including phenoxy) is 1. The summed E-state index contributed by atoms with van der Waals surface area (Å²) in [5.41, 5.74) is 4.62. The van der Waals surface area contributed by atoms with Crippen LogP contribution in [0.1, 0.15) is 42.2 Å². The molecule has 2 aromatic carbocycles. The summed E-state index contributed by atoms with van der Waals surface area (Å²) in [5.74, 6) is 0.480. The summed E-state index contributed by atoms with van der Waals surface area (Å²) in [7, 11) is 0. The molecule has 1 aliphatic carbocycles. The van der Waals surface area contributed by atoms with E-state index >= 15 is 0 Å². The van der Waals surface area contributed by atoms with Crippen molar-refractivity contribution in [3.05, 3.63) is 87.8 Å². The molecule has 5 nitrogen and oxygen atoms in total. The lowest BCUT2D eigenvalue weighted by Gasteiger charge is -2.29. The Morgan fingerprint density at radius 1 is 1.00 bits per heavy atom. The molecule has 0 bridgehead atoms. The quantitative estimate of drug-likeness (QED) is 0.415. The van der Waals surface area contributed by atoms with Crippen LogP contribution in [0.15, 0.2) is 77.3 Å². The van der Waals surface area contributed by atoms with Gasteiger partial charge in [-0.05, 0) is 47.7 Å². The Bertz CT molecular complexity index is 1170. The van der Waals surface area contributed by atoms with Gasteiger partial charge in [-0.3, -0.25) is 9.59 Å². The van der Waals surface area contributed by atoms with Crippen LogP contribution >= 0.6 is 11.3 Å². The Morgan fingerprint density at radius 3 is 2.48 bits per heavy atom. The highest BCUT2D eigenvalue weighted by Gasteiger charge is 2.36. The fourth-order valence-electron chi connectivity index (χ4n) is 4.36. The van der Waals surface area contributed by atoms with Crippen LogP contribution in [-0.2, 0) is 9.59 Å². The molecule has 0 amide bonds. The third-order valence-electron chi connectivity index (χ3n) is 5.73. The van der Waals surface area contributed by atoms with Gasteiger partial charge in [0.2, 0.25) is 0 Å². The molecule has 2 heterocycles. The second-order valence-electron chi connectivity index (χ2n) is 7.85. The third-order valence-corrected chi connectivity index (χ3v) is 6.76. The number of carbonyl (C=O) groups excluding carboxylic acids is 2. The van der Waals surface area contributed by atoms with Crippen LogP contribution < -0.4 is 15.4 Å². The second-order valence-corrected chi connectivity index (χ2v) is 8.83. The Labute approximate surface area is 184 Å². The molecule has 2 aliphatic rings. The summed E-state index contributed by atoms with van der Waals surface area (Å²) in [5, 5.41) is 9.19. The van der Waals surface area contributed by atoms with Crippen molar-refractivity contribution in [1.82, 2.24) is 0 Å². The van der Waals surface area contributed by atoms with E-state index in [1.165, 1.54) is 11.8 Å². The number of rotatable bonds is 3. The fourth-order valence-corrected chi connectivity index (χ4v) is 5.19. The highest BCUT2D eigenvalue weighted by molar-refractivity contribution is 7.10. The van der Waals surface area contributed by atoms with Crippen molar-refractivity contribution in [3.8, 4) is 5.75 Å². The van der Waals surface area contributed by atoms with Gasteiger partial charge >= 0.3 is 5.97 Å². The minimum absolute atomic E-state index is 0.154. The lowest BCUT2D eigenvalue weighted by molar-refractivity contribution is -0.131. The van der Waals surface area contributed by atoms with E-state index in [2.05, 4.69) is 22.1 Å². The molecular formula is C25H22N2O3S. The first-order chi connectivity index (χ1) is 15.1. The Morgan fingerprint density at radius 2 is 1.77 bits per heavy atom. The first-order valence-electron chi connectivity index (χ1n) is 10.3. The molecular weight excluding hydrogens is 408 g/mol. The molecule has 2 unspecified atom stereocenters. The van der Waals surface area contributed by atoms with Crippen LogP contribution in [0.4, 0.5) is 11.4 Å². The fraction of sp³-hybridized carbons (Fsp3) is 0.200. The van der Waals surface area contributed by atoms with Crippen LogP contribution in [0.5, 0.6) is 5.75 Å². The maximum absolute atomic E-state index is 13.4. The number of hydrogen-bond donors (Lipinski definition) is 2. The second kappa shape index (κ2) is 8.04. The first-order valence-corrected chi connectivity index (χ1v) is 11.2. The van der Waals surface area contributed by atoms with Crippen LogP contribution in [0.25, 0.3) is 0 Å². The molecule has 2 N–H and O–H groups in total. The predicted molar refractivity (Wildman–Crippen MR) is 123 cm³/mol. The van der Waals surface area contributed by atoms with Crippen LogP contribution in [-0.4, -0.2) is 11.8 Å². The number of ketones is 1. The molecule has 0 saturated carbocycles. The summed E-state index contributed by atoms with van der Waals surface area (Å²) < 4.78 is 5.17. The molecule has 31 heavy (non-hydrogen) atoms. The van der Waals surface area contributed by atoms with Crippen molar-refractivity contribution >= 4 is 34.5 Å². The van der Waals surface area contributed by atoms with Gasteiger partial charge in [-0.2, -0.15) is 0 Å². The van der Waals surface area contributed by atoms with E-state index < -0.39 is 0 Å². The van der Waals surface area contributed by atoms with Gasteiger partial charge in [-0.25, -0.2) is 0 Å². The molecule has 0 radical (unpaired) electrons. The molecule has 0 saturated heterocycles. The van der Waals surface area contributed by atoms with E-state index in [0.29, 0.717) is 12.2 Å². The van der Waals surface area contributed by atoms with E-state index in [4.69, 9.17) is 4.74 Å². The monoisotopic (exact) mass is 430 g/mol. The zero-order chi connectivity index (χ0) is 21.4. The van der Waals surface area contributed by atoms with E-state index in [-0.39, 0.29) is 23.7 Å². The highest BCUT2D eigenvalue weighted by atomic mass is 32.1. The molecule has 0 fully saturated rings. The van der Waals surface area contributed by atoms with E-state index in [1.807, 2.05) is 42.5 Å². The number of thiophene rings is 1. The molecule has 1 aromatic heterocycles. The number of fused-ring (bicyclic) bond motifs is 1. The number of benzene rings is 2. The Kier molecular flexibility index (Phi) is 5.08. The number of para-hydroxylation sites is 2. The Balaban J connectivity index is 1.56. The van der Waals surface area contributed by atoms with Crippen molar-refractivity contribution in [2.75, 3.05) is 10.6 Å². The summed E-state index contributed by atoms with van der Waals surface area (Å²) in [4.78, 5) is 25.9. The molecule has 6 heteroatoms. The zero-order valence-corrected chi connectivity index (χ0v) is 17.9. The normalized spacial score (nSPS) is 20.1. The SMILES string of the molecule is CC(=O)Oc1ccc(C2Nc3ccccc3NC3=C2C(=O)CC(c2cccs2)C3)cc1. The van der Waals surface area contributed by atoms with Gasteiger partial charge in [0, 0.05) is 35.4 Å². The van der Waals surface area contributed by atoms with Crippen molar-refractivity contribution in [3.63, 3.8) is 0 Å². The van der Waals surface area contributed by atoms with Crippen molar-refractivity contribution < 1.29 is 14.3 Å². The first kappa shape index (κ1) is 19.6. The molecule has 0 spiro atoms. The topological polar surface area (TPSA) is 67.4 Å². The van der Waals surface area contributed by atoms with Gasteiger partial charge in [0.05, 0.1) is 17.4 Å². The summed E-state index contributed by atoms with van der Waals surface area (Å²) >= 11 is 1.71. The van der Waals surface area contributed by atoms with E-state index in [9.17, 15) is 9.59 Å². The lowest BCUT2D eigenvalue weighted by Crippen LogP contribution is -2.26. The molecule has 1 aliphatic heterocycles. The van der Waals surface area contributed by atoms with Crippen molar-refractivity contribution in [1.29, 1.82) is 0 Å². The average Bonchev–Trinajstić information content (AvgIpc) is 3.23. The summed E-state index contributed by atoms with van der Waals surface area (Å²) in [6.45, 7) is 1.38. The van der Waals surface area contributed by atoms with Crippen molar-refractivity contribution in [2.24, 2.45) is 0 Å². The van der Waals surface area contributed by atoms with E-state index in [1.54, 1.807) is 23.5 Å².